The number of nitrogens with one attached hydrogen (secondary N) is 1. The Bertz CT molecular complexity index is 280. The van der Waals surface area contributed by atoms with Crippen molar-refractivity contribution in [3.05, 3.63) is 0 Å². The molecule has 0 amide bonds. The maximum absolute atomic E-state index is 11.1. The molecule has 0 fully saturated rings. The van der Waals surface area contributed by atoms with Gasteiger partial charge in [-0.25, -0.2) is 0 Å². The summed E-state index contributed by atoms with van der Waals surface area (Å²) in [5, 5.41) is 0. The first-order chi connectivity index (χ1) is 8.03. The van der Waals surface area contributed by atoms with Crippen LogP contribution < -0.4 is 4.90 Å². The van der Waals surface area contributed by atoms with Crippen molar-refractivity contribution in [3.63, 3.8) is 0 Å². The lowest BCUT2D eigenvalue weighted by molar-refractivity contribution is -0.889. The minimum Gasteiger partial charge on any atom is -0.446 e. The van der Waals surface area contributed by atoms with E-state index in [1.807, 2.05) is 13.8 Å². The number of hydrogen-bond donors (Lipinski definition) is 1. The number of ether oxygens (including phenoxy) is 1. The van der Waals surface area contributed by atoms with Crippen LogP contribution in [0.4, 0.5) is 0 Å². The smallest absolute Gasteiger partial charge is 0.304 e. The molecule has 1 N–H and O–H groups in total. The zero-order valence-electron chi connectivity index (χ0n) is 11.9. The number of esters is 1. The van der Waals surface area contributed by atoms with Crippen LogP contribution in [0.2, 0.25) is 0 Å². The molecule has 0 aliphatic rings. The molecule has 0 aromatic carbocycles. The first kappa shape index (κ1) is 16.0. The highest BCUT2D eigenvalue weighted by Crippen LogP contribution is 2.19. The second-order valence-corrected chi connectivity index (χ2v) is 4.23. The molecular weight excluding hydrogens is 214 g/mol. The lowest BCUT2D eigenvalue weighted by Crippen LogP contribution is -3.11. The van der Waals surface area contributed by atoms with Crippen molar-refractivity contribution in [1.29, 1.82) is 0 Å². The van der Waals surface area contributed by atoms with E-state index in [0.29, 0.717) is 0 Å². The monoisotopic (exact) mass is 240 g/mol. The lowest BCUT2D eigenvalue weighted by Gasteiger charge is -2.25. The minimum atomic E-state index is -0.585. The van der Waals surface area contributed by atoms with Crippen molar-refractivity contribution < 1.29 is 14.4 Å². The van der Waals surface area contributed by atoms with Crippen molar-refractivity contribution in [2.24, 2.45) is 0 Å². The Morgan fingerprint density at radius 1 is 1.18 bits per heavy atom. The summed E-state index contributed by atoms with van der Waals surface area (Å²) < 4.78 is 5.36. The molecule has 0 aliphatic heterocycles. The van der Waals surface area contributed by atoms with E-state index < -0.39 is 5.60 Å². The van der Waals surface area contributed by atoms with Crippen molar-refractivity contribution in [2.75, 3.05) is 19.6 Å². The molecule has 0 heterocycles. The molecule has 0 unspecified atom stereocenters. The van der Waals surface area contributed by atoms with Gasteiger partial charge < -0.3 is 9.64 Å². The van der Waals surface area contributed by atoms with Gasteiger partial charge in [-0.3, -0.25) is 4.79 Å². The molecule has 98 valence electrons. The van der Waals surface area contributed by atoms with Crippen molar-refractivity contribution in [2.45, 2.75) is 53.1 Å². The van der Waals surface area contributed by atoms with E-state index in [2.05, 4.69) is 25.7 Å². The molecule has 0 saturated heterocycles. The lowest BCUT2D eigenvalue weighted by atomic mass is 9.98. The fourth-order valence-corrected chi connectivity index (χ4v) is 1.70. The van der Waals surface area contributed by atoms with Crippen LogP contribution in [-0.4, -0.2) is 31.2 Å². The van der Waals surface area contributed by atoms with Crippen LogP contribution in [0, 0.1) is 11.8 Å². The maximum Gasteiger partial charge on any atom is 0.304 e. The summed E-state index contributed by atoms with van der Waals surface area (Å²) in [6, 6.07) is 0. The van der Waals surface area contributed by atoms with E-state index in [9.17, 15) is 4.79 Å². The Labute approximate surface area is 106 Å². The third-order valence-electron chi connectivity index (χ3n) is 3.14. The zero-order chi connectivity index (χ0) is 13.3. The van der Waals surface area contributed by atoms with Gasteiger partial charge in [-0.2, -0.15) is 0 Å². The standard InChI is InChI=1S/C14H25NO2/c1-6-14(7-2,17-13(5)16)11-10-12-15(8-3)9-4/h6-9,12H2,1-5H3/p+1. The van der Waals surface area contributed by atoms with Crippen LogP contribution in [0.5, 0.6) is 0 Å². The van der Waals surface area contributed by atoms with Gasteiger partial charge in [0.1, 0.15) is 6.54 Å². The first-order valence-corrected chi connectivity index (χ1v) is 6.56. The predicted molar refractivity (Wildman–Crippen MR) is 69.8 cm³/mol. The summed E-state index contributed by atoms with van der Waals surface area (Å²) in [4.78, 5) is 12.5. The number of rotatable bonds is 6. The second-order valence-electron chi connectivity index (χ2n) is 4.23. The van der Waals surface area contributed by atoms with E-state index in [1.54, 1.807) is 0 Å². The van der Waals surface area contributed by atoms with E-state index in [4.69, 9.17) is 4.74 Å². The Morgan fingerprint density at radius 2 is 1.71 bits per heavy atom. The summed E-state index contributed by atoms with van der Waals surface area (Å²) in [6.07, 6.45) is 1.48. The van der Waals surface area contributed by atoms with Gasteiger partial charge in [0, 0.05) is 6.92 Å². The third-order valence-corrected chi connectivity index (χ3v) is 3.14. The SMILES string of the molecule is CC[NH+](CC)CC#CC(CC)(CC)OC(C)=O. The summed E-state index contributed by atoms with van der Waals surface area (Å²) in [5.41, 5.74) is -0.585. The number of hydrogen-bond acceptors (Lipinski definition) is 2. The van der Waals surface area contributed by atoms with Crippen LogP contribution in [0.3, 0.4) is 0 Å². The minimum absolute atomic E-state index is 0.252. The third kappa shape index (κ3) is 5.74. The van der Waals surface area contributed by atoms with Gasteiger partial charge in [0.15, 0.2) is 5.60 Å². The Morgan fingerprint density at radius 3 is 2.06 bits per heavy atom. The average molecular weight is 240 g/mol. The molecule has 0 atom stereocenters. The average Bonchev–Trinajstić information content (AvgIpc) is 2.32. The van der Waals surface area contributed by atoms with Gasteiger partial charge in [0.2, 0.25) is 0 Å². The molecule has 0 aromatic heterocycles. The van der Waals surface area contributed by atoms with E-state index in [0.717, 1.165) is 32.5 Å². The molecule has 0 saturated carbocycles. The van der Waals surface area contributed by atoms with Crippen molar-refractivity contribution in [3.8, 4) is 11.8 Å². The predicted octanol–water partition coefficient (Wildman–Crippen LogP) is 1.04. The zero-order valence-corrected chi connectivity index (χ0v) is 11.9. The number of quaternary nitrogens is 1. The summed E-state index contributed by atoms with van der Waals surface area (Å²) >= 11 is 0. The van der Waals surface area contributed by atoms with Gasteiger partial charge in [-0.15, -0.1) is 0 Å². The fourth-order valence-electron chi connectivity index (χ4n) is 1.70. The first-order valence-electron chi connectivity index (χ1n) is 6.56. The summed E-state index contributed by atoms with van der Waals surface area (Å²) in [7, 11) is 0. The van der Waals surface area contributed by atoms with Crippen molar-refractivity contribution in [1.82, 2.24) is 0 Å². The fraction of sp³-hybridized carbons (Fsp3) is 0.786. The van der Waals surface area contributed by atoms with E-state index in [1.165, 1.54) is 11.8 Å². The molecule has 3 nitrogen and oxygen atoms in total. The Kier molecular flexibility index (Phi) is 7.65. The highest BCUT2D eigenvalue weighted by molar-refractivity contribution is 5.67. The molecule has 17 heavy (non-hydrogen) atoms. The van der Waals surface area contributed by atoms with Crippen LogP contribution in [0.1, 0.15) is 47.5 Å². The topological polar surface area (TPSA) is 30.7 Å². The molecule has 3 heteroatoms. The second kappa shape index (κ2) is 8.14. The molecular formula is C14H26NO2+. The molecule has 0 bridgehead atoms. The van der Waals surface area contributed by atoms with Crippen LogP contribution >= 0.6 is 0 Å². The summed E-state index contributed by atoms with van der Waals surface area (Å²) in [6.45, 7) is 12.7. The van der Waals surface area contributed by atoms with Gasteiger partial charge in [0.25, 0.3) is 0 Å². The van der Waals surface area contributed by atoms with Crippen LogP contribution in [0.25, 0.3) is 0 Å². The quantitative estimate of drug-likeness (QED) is 0.555. The van der Waals surface area contributed by atoms with Crippen molar-refractivity contribution >= 4 is 5.97 Å². The van der Waals surface area contributed by atoms with E-state index >= 15 is 0 Å². The Balaban J connectivity index is 4.63. The highest BCUT2D eigenvalue weighted by atomic mass is 16.6. The van der Waals surface area contributed by atoms with Gasteiger partial charge in [-0.1, -0.05) is 13.8 Å². The van der Waals surface area contributed by atoms with Gasteiger partial charge in [0.05, 0.1) is 13.1 Å². The molecule has 0 rings (SSSR count). The maximum atomic E-state index is 11.1. The normalized spacial score (nSPS) is 10.9. The largest absolute Gasteiger partial charge is 0.446 e. The molecule has 0 aromatic rings. The van der Waals surface area contributed by atoms with Gasteiger partial charge >= 0.3 is 5.97 Å². The summed E-state index contributed by atoms with van der Waals surface area (Å²) in [5.74, 6) is 6.07. The van der Waals surface area contributed by atoms with Crippen LogP contribution in [-0.2, 0) is 9.53 Å². The van der Waals surface area contributed by atoms with Crippen LogP contribution in [0.15, 0.2) is 0 Å². The number of carbonyl (C=O) groups is 1. The number of carbonyl (C=O) groups excluding carboxylic acids is 1. The molecule has 0 radical (unpaired) electrons. The van der Waals surface area contributed by atoms with E-state index in [-0.39, 0.29) is 5.97 Å². The highest BCUT2D eigenvalue weighted by Gasteiger charge is 2.26. The Hall–Kier alpha value is -1.01. The van der Waals surface area contributed by atoms with Gasteiger partial charge in [-0.05, 0) is 38.5 Å². The molecule has 0 spiro atoms. The molecule has 0 aliphatic carbocycles.